The highest BCUT2D eigenvalue weighted by molar-refractivity contribution is 7.99. The molecule has 0 radical (unpaired) electrons. The molecule has 1 N–H and O–H groups in total. The maximum Gasteiger partial charge on any atom is 0.341 e. The zero-order chi connectivity index (χ0) is 24.7. The largest absolute Gasteiger partial charge is 0.465 e. The Morgan fingerprint density at radius 3 is 2.86 bits per heavy atom. The molecule has 2 aliphatic carbocycles. The van der Waals surface area contributed by atoms with Crippen LogP contribution in [0.5, 0.6) is 0 Å². The SMILES string of the molecule is C=CCn1c(SCC(=O)Nc2sc3c(c2C(=O)OC)CC[C@@H](C)C3)nc2sc3c(c2c1=O)CCC3. The van der Waals surface area contributed by atoms with E-state index in [4.69, 9.17) is 9.72 Å². The average molecular weight is 530 g/mol. The number of hydrogen-bond acceptors (Lipinski definition) is 8. The smallest absolute Gasteiger partial charge is 0.341 e. The highest BCUT2D eigenvalue weighted by Gasteiger charge is 2.29. The van der Waals surface area contributed by atoms with Gasteiger partial charge in [0.2, 0.25) is 5.91 Å². The maximum atomic E-state index is 13.3. The first-order valence-corrected chi connectivity index (χ1v) is 14.3. The molecule has 10 heteroatoms. The van der Waals surface area contributed by atoms with Crippen LogP contribution in [0.4, 0.5) is 5.00 Å². The van der Waals surface area contributed by atoms with Crippen LogP contribution in [0.3, 0.4) is 0 Å². The van der Waals surface area contributed by atoms with Crippen LogP contribution in [0.15, 0.2) is 22.6 Å². The quantitative estimate of drug-likeness (QED) is 0.204. The summed E-state index contributed by atoms with van der Waals surface area (Å²) in [4.78, 5) is 46.7. The summed E-state index contributed by atoms with van der Waals surface area (Å²) in [6.07, 6.45) is 7.38. The van der Waals surface area contributed by atoms with Gasteiger partial charge in [-0.25, -0.2) is 9.78 Å². The summed E-state index contributed by atoms with van der Waals surface area (Å²) in [5.74, 6) is -0.0515. The molecule has 3 heterocycles. The molecule has 184 valence electrons. The topological polar surface area (TPSA) is 90.3 Å². The third-order valence-corrected chi connectivity index (χ3v) is 9.92. The van der Waals surface area contributed by atoms with Crippen molar-refractivity contribution in [1.29, 1.82) is 0 Å². The number of aryl methyl sites for hydroxylation is 2. The third-order valence-electron chi connectivity index (χ3n) is 6.59. The van der Waals surface area contributed by atoms with Crippen molar-refractivity contribution >= 4 is 61.5 Å². The van der Waals surface area contributed by atoms with Crippen LogP contribution in [-0.4, -0.2) is 34.3 Å². The summed E-state index contributed by atoms with van der Waals surface area (Å²) in [6, 6.07) is 0. The van der Waals surface area contributed by atoms with E-state index >= 15 is 0 Å². The van der Waals surface area contributed by atoms with Gasteiger partial charge in [0.1, 0.15) is 9.83 Å². The highest BCUT2D eigenvalue weighted by Crippen LogP contribution is 2.40. The van der Waals surface area contributed by atoms with Crippen molar-refractivity contribution < 1.29 is 14.3 Å². The normalized spacial score (nSPS) is 16.7. The van der Waals surface area contributed by atoms with Gasteiger partial charge in [0, 0.05) is 16.3 Å². The number of ether oxygens (including phenoxy) is 1. The van der Waals surface area contributed by atoms with Gasteiger partial charge in [-0.3, -0.25) is 14.2 Å². The fourth-order valence-electron chi connectivity index (χ4n) is 4.91. The number of hydrogen-bond donors (Lipinski definition) is 1. The van der Waals surface area contributed by atoms with E-state index in [1.54, 1.807) is 22.0 Å². The Kier molecular flexibility index (Phi) is 6.87. The summed E-state index contributed by atoms with van der Waals surface area (Å²) in [6.45, 7) is 6.32. The second kappa shape index (κ2) is 9.91. The van der Waals surface area contributed by atoms with Gasteiger partial charge in [-0.15, -0.1) is 29.3 Å². The van der Waals surface area contributed by atoms with Gasteiger partial charge in [-0.05, 0) is 55.6 Å². The molecule has 0 bridgehead atoms. The summed E-state index contributed by atoms with van der Waals surface area (Å²) < 4.78 is 6.62. The lowest BCUT2D eigenvalue weighted by Crippen LogP contribution is -2.24. The number of rotatable bonds is 7. The molecule has 0 unspecified atom stereocenters. The number of nitrogens with zero attached hydrogens (tertiary/aromatic N) is 2. The Bertz CT molecular complexity index is 1400. The van der Waals surface area contributed by atoms with Gasteiger partial charge in [0.15, 0.2) is 5.16 Å². The number of methoxy groups -OCH3 is 1. The standard InChI is InChI=1S/C25H27N3O4S3/c1-4-10-28-23(30)19-14-6-5-7-16(14)34-21(19)27-25(28)33-12-18(29)26-22-20(24(31)32-3)15-9-8-13(2)11-17(15)35-22/h4,13H,1,5-12H2,2-3H3,(H,26,29)/t13-/m1/s1. The third kappa shape index (κ3) is 4.47. The number of allylic oxidation sites excluding steroid dienone is 1. The number of carbonyl (C=O) groups is 2. The van der Waals surface area contributed by atoms with Crippen LogP contribution in [0, 0.1) is 5.92 Å². The Hall–Kier alpha value is -2.43. The number of nitrogens with one attached hydrogen (secondary N) is 1. The lowest BCUT2D eigenvalue weighted by molar-refractivity contribution is -0.113. The van der Waals surface area contributed by atoms with Crippen LogP contribution in [0.25, 0.3) is 10.2 Å². The lowest BCUT2D eigenvalue weighted by atomic mass is 9.88. The zero-order valence-corrected chi connectivity index (χ0v) is 22.2. The zero-order valence-electron chi connectivity index (χ0n) is 19.8. The number of amides is 1. The fraction of sp³-hybridized carbons (Fsp3) is 0.440. The van der Waals surface area contributed by atoms with Gasteiger partial charge in [-0.2, -0.15) is 0 Å². The van der Waals surface area contributed by atoms with E-state index < -0.39 is 5.97 Å². The predicted octanol–water partition coefficient (Wildman–Crippen LogP) is 4.84. The van der Waals surface area contributed by atoms with Crippen molar-refractivity contribution in [3.8, 4) is 0 Å². The van der Waals surface area contributed by atoms with Crippen LogP contribution < -0.4 is 10.9 Å². The van der Waals surface area contributed by atoms with Crippen molar-refractivity contribution in [2.75, 3.05) is 18.2 Å². The Balaban J connectivity index is 1.39. The molecule has 0 fully saturated rings. The van der Waals surface area contributed by atoms with Crippen LogP contribution >= 0.6 is 34.4 Å². The van der Waals surface area contributed by atoms with E-state index in [9.17, 15) is 14.4 Å². The number of aromatic nitrogens is 2. The molecule has 0 saturated carbocycles. The molecule has 3 aromatic rings. The monoisotopic (exact) mass is 529 g/mol. The van der Waals surface area contributed by atoms with Gasteiger partial charge in [-0.1, -0.05) is 24.8 Å². The molecule has 7 nitrogen and oxygen atoms in total. The summed E-state index contributed by atoms with van der Waals surface area (Å²) in [7, 11) is 1.36. The minimum absolute atomic E-state index is 0.0646. The maximum absolute atomic E-state index is 13.3. The Morgan fingerprint density at radius 2 is 2.09 bits per heavy atom. The number of anilines is 1. The van der Waals surface area contributed by atoms with Crippen molar-refractivity contribution in [2.45, 2.75) is 57.1 Å². The number of carbonyl (C=O) groups excluding carboxylic acids is 2. The first-order chi connectivity index (χ1) is 16.9. The number of fused-ring (bicyclic) bond motifs is 4. The van der Waals surface area contributed by atoms with Gasteiger partial charge in [0.05, 0.1) is 23.8 Å². The van der Waals surface area contributed by atoms with Gasteiger partial charge >= 0.3 is 5.97 Å². The summed E-state index contributed by atoms with van der Waals surface area (Å²) >= 11 is 4.28. The minimum Gasteiger partial charge on any atom is -0.465 e. The molecular formula is C25H27N3O4S3. The highest BCUT2D eigenvalue weighted by atomic mass is 32.2. The molecular weight excluding hydrogens is 502 g/mol. The molecule has 0 saturated heterocycles. The molecule has 0 aliphatic heterocycles. The predicted molar refractivity (Wildman–Crippen MR) is 142 cm³/mol. The average Bonchev–Trinajstić information content (AvgIpc) is 3.51. The molecule has 35 heavy (non-hydrogen) atoms. The van der Waals surface area contributed by atoms with Crippen LogP contribution in [-0.2, 0) is 41.8 Å². The second-order valence-electron chi connectivity index (χ2n) is 9.02. The van der Waals surface area contributed by atoms with Crippen molar-refractivity contribution in [1.82, 2.24) is 9.55 Å². The van der Waals surface area contributed by atoms with E-state index in [0.717, 1.165) is 64.7 Å². The molecule has 0 spiro atoms. The van der Waals surface area contributed by atoms with Crippen LogP contribution in [0.2, 0.25) is 0 Å². The van der Waals surface area contributed by atoms with Gasteiger partial charge in [0.25, 0.3) is 5.56 Å². The Labute approximate surface area is 215 Å². The van der Waals surface area contributed by atoms with Crippen molar-refractivity contribution in [3.05, 3.63) is 49.5 Å². The van der Waals surface area contributed by atoms with Crippen molar-refractivity contribution in [3.63, 3.8) is 0 Å². The number of thioether (sulfide) groups is 1. The van der Waals surface area contributed by atoms with Gasteiger partial charge < -0.3 is 10.1 Å². The first-order valence-electron chi connectivity index (χ1n) is 11.7. The molecule has 5 rings (SSSR count). The molecule has 1 atom stereocenters. The Morgan fingerprint density at radius 1 is 1.26 bits per heavy atom. The summed E-state index contributed by atoms with van der Waals surface area (Å²) in [5, 5.41) is 4.70. The lowest BCUT2D eigenvalue weighted by Gasteiger charge is -2.18. The minimum atomic E-state index is -0.419. The molecule has 1 amide bonds. The fourth-order valence-corrected chi connectivity index (χ4v) is 8.43. The van der Waals surface area contributed by atoms with E-state index in [1.165, 1.54) is 35.1 Å². The molecule has 2 aliphatic rings. The molecule has 0 aromatic carbocycles. The van der Waals surface area contributed by atoms with Crippen molar-refractivity contribution in [2.24, 2.45) is 5.92 Å². The second-order valence-corrected chi connectivity index (χ2v) is 12.2. The number of esters is 1. The summed E-state index contributed by atoms with van der Waals surface area (Å²) in [5.41, 5.74) is 2.56. The molecule has 3 aromatic heterocycles. The van der Waals surface area contributed by atoms with E-state index in [0.29, 0.717) is 28.2 Å². The first kappa shape index (κ1) is 24.3. The van der Waals surface area contributed by atoms with E-state index in [-0.39, 0.29) is 17.2 Å². The van der Waals surface area contributed by atoms with E-state index in [1.807, 2.05) is 0 Å². The van der Waals surface area contributed by atoms with Crippen LogP contribution in [0.1, 0.15) is 51.0 Å². The van der Waals surface area contributed by atoms with E-state index in [2.05, 4.69) is 18.8 Å². The number of thiophene rings is 2.